The zero-order valence-electron chi connectivity index (χ0n) is 13.3. The molecule has 0 aliphatic carbocycles. The number of benzene rings is 1. The van der Waals surface area contributed by atoms with Crippen LogP contribution in [-0.4, -0.2) is 18.5 Å². The average molecular weight is 264 g/mol. The summed E-state index contributed by atoms with van der Waals surface area (Å²) in [7, 11) is 1.85. The van der Waals surface area contributed by atoms with Crippen LogP contribution in [0, 0.1) is 0 Å². The molecule has 3 nitrogen and oxygen atoms in total. The van der Waals surface area contributed by atoms with Gasteiger partial charge in [0.05, 0.1) is 0 Å². The van der Waals surface area contributed by atoms with Crippen molar-refractivity contribution < 1.29 is 4.79 Å². The molecule has 1 heterocycles. The van der Waals surface area contributed by atoms with E-state index < -0.39 is 0 Å². The van der Waals surface area contributed by atoms with E-state index in [1.54, 1.807) is 0 Å². The molecule has 0 aromatic heterocycles. The molecule has 1 amide bonds. The van der Waals surface area contributed by atoms with Gasteiger partial charge in [-0.25, -0.2) is 0 Å². The predicted octanol–water partition coefficient (Wildman–Crippen LogP) is 3.85. The third-order valence-corrected chi connectivity index (χ3v) is 2.73. The molecular weight excluding hydrogens is 236 g/mol. The van der Waals surface area contributed by atoms with E-state index in [0.29, 0.717) is 0 Å². The van der Waals surface area contributed by atoms with E-state index in [-0.39, 0.29) is 11.4 Å². The molecule has 19 heavy (non-hydrogen) atoms. The van der Waals surface area contributed by atoms with E-state index in [1.807, 2.05) is 66.8 Å². The standard InChI is InChI=1S/C12H16N2O.2C2H6/c1-12(2)7-8-4-5-9(13-3)6-10(8)11(15)14-12;2*1-2/h4-6,13H,7H2,1-3H3,(H,14,15);2*1-2H3. The third kappa shape index (κ3) is 4.58. The number of hydrogen-bond donors (Lipinski definition) is 2. The number of nitrogens with one attached hydrogen (secondary N) is 2. The number of hydrogen-bond acceptors (Lipinski definition) is 2. The maximum absolute atomic E-state index is 11.8. The van der Waals surface area contributed by atoms with Crippen LogP contribution in [0.15, 0.2) is 18.2 Å². The first-order valence-electron chi connectivity index (χ1n) is 7.15. The molecule has 0 bridgehead atoms. The van der Waals surface area contributed by atoms with Crippen molar-refractivity contribution in [1.29, 1.82) is 0 Å². The van der Waals surface area contributed by atoms with Crippen molar-refractivity contribution in [2.45, 2.75) is 53.5 Å². The summed E-state index contributed by atoms with van der Waals surface area (Å²) in [6.07, 6.45) is 0.887. The smallest absolute Gasteiger partial charge is 0.252 e. The van der Waals surface area contributed by atoms with Crippen molar-refractivity contribution >= 4 is 11.6 Å². The minimum absolute atomic E-state index is 0.0263. The monoisotopic (exact) mass is 264 g/mol. The molecule has 1 aromatic carbocycles. The second-order valence-corrected chi connectivity index (χ2v) is 4.64. The zero-order chi connectivity index (χ0) is 15.1. The van der Waals surface area contributed by atoms with Crippen LogP contribution in [0.2, 0.25) is 0 Å². The summed E-state index contributed by atoms with van der Waals surface area (Å²) in [6, 6.07) is 5.94. The molecule has 2 N–H and O–H groups in total. The van der Waals surface area contributed by atoms with Crippen molar-refractivity contribution in [3.05, 3.63) is 29.3 Å². The van der Waals surface area contributed by atoms with Crippen LogP contribution in [0.3, 0.4) is 0 Å². The Kier molecular flexibility index (Phi) is 7.20. The van der Waals surface area contributed by atoms with Crippen LogP contribution < -0.4 is 10.6 Å². The SMILES string of the molecule is CC.CC.CNc1ccc2c(c1)C(=O)NC(C)(C)C2. The van der Waals surface area contributed by atoms with Gasteiger partial charge in [0.1, 0.15) is 0 Å². The van der Waals surface area contributed by atoms with Crippen molar-refractivity contribution in [1.82, 2.24) is 5.32 Å². The highest BCUT2D eigenvalue weighted by molar-refractivity contribution is 5.98. The fourth-order valence-electron chi connectivity index (χ4n) is 1.99. The summed E-state index contributed by atoms with van der Waals surface area (Å²) in [4.78, 5) is 11.8. The highest BCUT2D eigenvalue weighted by Gasteiger charge is 2.29. The van der Waals surface area contributed by atoms with Crippen LogP contribution >= 0.6 is 0 Å². The lowest BCUT2D eigenvalue weighted by Crippen LogP contribution is -2.49. The Hall–Kier alpha value is -1.51. The van der Waals surface area contributed by atoms with Crippen LogP contribution in [-0.2, 0) is 6.42 Å². The van der Waals surface area contributed by atoms with E-state index in [4.69, 9.17) is 0 Å². The van der Waals surface area contributed by atoms with Gasteiger partial charge in [-0.1, -0.05) is 33.8 Å². The Bertz CT molecular complexity index is 411. The molecule has 0 radical (unpaired) electrons. The Balaban J connectivity index is 0.000000741. The largest absolute Gasteiger partial charge is 0.388 e. The first kappa shape index (κ1) is 17.5. The summed E-state index contributed by atoms with van der Waals surface area (Å²) < 4.78 is 0. The molecule has 0 saturated heterocycles. The second kappa shape index (κ2) is 7.82. The lowest BCUT2D eigenvalue weighted by molar-refractivity contribution is 0.0897. The van der Waals surface area contributed by atoms with Gasteiger partial charge in [-0.05, 0) is 38.0 Å². The predicted molar refractivity (Wildman–Crippen MR) is 83.9 cm³/mol. The normalized spacial score (nSPS) is 14.8. The molecule has 0 fully saturated rings. The third-order valence-electron chi connectivity index (χ3n) is 2.73. The van der Waals surface area contributed by atoms with Gasteiger partial charge in [0.25, 0.3) is 5.91 Å². The summed E-state index contributed by atoms with van der Waals surface area (Å²) in [5.74, 6) is 0.0263. The number of carbonyl (C=O) groups is 1. The Morgan fingerprint density at radius 1 is 1.16 bits per heavy atom. The maximum Gasteiger partial charge on any atom is 0.252 e. The van der Waals surface area contributed by atoms with E-state index in [2.05, 4.69) is 10.6 Å². The number of amides is 1. The zero-order valence-corrected chi connectivity index (χ0v) is 13.3. The van der Waals surface area contributed by atoms with Crippen molar-refractivity contribution in [3.63, 3.8) is 0 Å². The van der Waals surface area contributed by atoms with Crippen LogP contribution in [0.4, 0.5) is 5.69 Å². The van der Waals surface area contributed by atoms with Crippen molar-refractivity contribution in [2.75, 3.05) is 12.4 Å². The number of rotatable bonds is 1. The first-order chi connectivity index (χ1) is 9.02. The number of carbonyl (C=O) groups excluding carboxylic acids is 1. The molecule has 0 spiro atoms. The van der Waals surface area contributed by atoms with Gasteiger partial charge in [0.15, 0.2) is 0 Å². The molecular formula is C16H28N2O. The van der Waals surface area contributed by atoms with Gasteiger partial charge < -0.3 is 10.6 Å². The molecule has 2 rings (SSSR count). The second-order valence-electron chi connectivity index (χ2n) is 4.64. The topological polar surface area (TPSA) is 41.1 Å². The van der Waals surface area contributed by atoms with Gasteiger partial charge in [0.2, 0.25) is 0 Å². The van der Waals surface area contributed by atoms with Gasteiger partial charge in [0, 0.05) is 23.8 Å². The average Bonchev–Trinajstić information content (AvgIpc) is 2.42. The molecule has 3 heteroatoms. The molecule has 0 atom stereocenters. The van der Waals surface area contributed by atoms with Gasteiger partial charge in [-0.3, -0.25) is 4.79 Å². The van der Waals surface area contributed by atoms with Crippen LogP contribution in [0.5, 0.6) is 0 Å². The van der Waals surface area contributed by atoms with Gasteiger partial charge in [-0.2, -0.15) is 0 Å². The Morgan fingerprint density at radius 2 is 1.74 bits per heavy atom. The lowest BCUT2D eigenvalue weighted by Gasteiger charge is -2.32. The first-order valence-corrected chi connectivity index (χ1v) is 7.15. The highest BCUT2D eigenvalue weighted by atomic mass is 16.1. The summed E-state index contributed by atoms with van der Waals surface area (Å²) >= 11 is 0. The maximum atomic E-state index is 11.8. The van der Waals surface area contributed by atoms with E-state index >= 15 is 0 Å². The Morgan fingerprint density at radius 3 is 2.26 bits per heavy atom. The van der Waals surface area contributed by atoms with E-state index in [9.17, 15) is 4.79 Å². The fraction of sp³-hybridized carbons (Fsp3) is 0.562. The van der Waals surface area contributed by atoms with E-state index in [1.165, 1.54) is 0 Å². The number of anilines is 1. The molecule has 1 aliphatic heterocycles. The van der Waals surface area contributed by atoms with Crippen molar-refractivity contribution in [3.8, 4) is 0 Å². The highest BCUT2D eigenvalue weighted by Crippen LogP contribution is 2.25. The summed E-state index contributed by atoms with van der Waals surface area (Å²) in [5.41, 5.74) is 2.76. The summed E-state index contributed by atoms with van der Waals surface area (Å²) in [6.45, 7) is 12.1. The fourth-order valence-corrected chi connectivity index (χ4v) is 1.99. The lowest BCUT2D eigenvalue weighted by atomic mass is 9.87. The van der Waals surface area contributed by atoms with E-state index in [0.717, 1.165) is 23.2 Å². The molecule has 1 aromatic rings. The quantitative estimate of drug-likeness (QED) is 0.809. The van der Waals surface area contributed by atoms with Crippen LogP contribution in [0.25, 0.3) is 0 Å². The molecule has 1 aliphatic rings. The molecule has 108 valence electrons. The summed E-state index contributed by atoms with van der Waals surface area (Å²) in [5, 5.41) is 6.03. The van der Waals surface area contributed by atoms with Gasteiger partial charge >= 0.3 is 0 Å². The number of fused-ring (bicyclic) bond motifs is 1. The molecule has 0 saturated carbocycles. The minimum atomic E-state index is -0.134. The van der Waals surface area contributed by atoms with Gasteiger partial charge in [-0.15, -0.1) is 0 Å². The Labute approximate surface area is 117 Å². The van der Waals surface area contributed by atoms with Crippen LogP contribution in [0.1, 0.15) is 57.5 Å². The minimum Gasteiger partial charge on any atom is -0.388 e. The van der Waals surface area contributed by atoms with Crippen molar-refractivity contribution in [2.24, 2.45) is 0 Å². The molecule has 0 unspecified atom stereocenters.